The lowest BCUT2D eigenvalue weighted by atomic mass is 9.99. The van der Waals surface area contributed by atoms with Crippen molar-refractivity contribution in [3.63, 3.8) is 0 Å². The van der Waals surface area contributed by atoms with E-state index in [0.29, 0.717) is 29.4 Å². The van der Waals surface area contributed by atoms with E-state index in [4.69, 9.17) is 24.2 Å². The lowest BCUT2D eigenvalue weighted by Crippen LogP contribution is -2.00. The van der Waals surface area contributed by atoms with E-state index < -0.39 is 0 Å². The van der Waals surface area contributed by atoms with Gasteiger partial charge in [-0.3, -0.25) is 4.98 Å². The topological polar surface area (TPSA) is 53.5 Å². The van der Waals surface area contributed by atoms with Gasteiger partial charge in [0.25, 0.3) is 0 Å². The fourth-order valence-corrected chi connectivity index (χ4v) is 3.82. The predicted octanol–water partition coefficient (Wildman–Crippen LogP) is 5.87. The number of aryl methyl sites for hydroxylation is 1. The van der Waals surface area contributed by atoms with E-state index in [0.717, 1.165) is 45.0 Å². The van der Waals surface area contributed by atoms with Crippen LogP contribution in [-0.2, 0) is 12.8 Å². The van der Waals surface area contributed by atoms with E-state index in [1.807, 2.05) is 49.5 Å². The van der Waals surface area contributed by atoms with Crippen LogP contribution in [-0.4, -0.2) is 24.2 Å². The number of fused-ring (bicyclic) bond motifs is 2. The number of pyridine rings is 2. The minimum absolute atomic E-state index is 0.631. The average Bonchev–Trinajstić information content (AvgIpc) is 2.78. The van der Waals surface area contributed by atoms with Gasteiger partial charge in [0.1, 0.15) is 5.52 Å². The molecular weight excluding hydrogens is 388 g/mol. The molecule has 0 amide bonds. The fraction of sp³-hybridized carbons (Fsp3) is 0.231. The smallest absolute Gasteiger partial charge is 0.161 e. The van der Waals surface area contributed by atoms with Crippen LogP contribution >= 0.6 is 0 Å². The number of hydrogen-bond acceptors (Lipinski definition) is 5. The van der Waals surface area contributed by atoms with Gasteiger partial charge in [0, 0.05) is 34.8 Å². The Morgan fingerprint density at radius 2 is 1.71 bits per heavy atom. The highest BCUT2D eigenvalue weighted by Gasteiger charge is 2.14. The first kappa shape index (κ1) is 20.7. The van der Waals surface area contributed by atoms with Crippen LogP contribution in [0.2, 0.25) is 0 Å². The third kappa shape index (κ3) is 4.04. The molecule has 4 aromatic rings. The molecular formula is C26H26N2O3. The third-order valence-corrected chi connectivity index (χ3v) is 5.29. The molecule has 0 aliphatic heterocycles. The lowest BCUT2D eigenvalue weighted by Gasteiger charge is -2.14. The van der Waals surface area contributed by atoms with Crippen molar-refractivity contribution in [3.8, 4) is 17.2 Å². The quantitative estimate of drug-likeness (QED) is 0.354. The maximum absolute atomic E-state index is 5.79. The van der Waals surface area contributed by atoms with Gasteiger partial charge in [-0.2, -0.15) is 0 Å². The molecule has 0 aliphatic rings. The Hall–Kier alpha value is -3.60. The largest absolute Gasteiger partial charge is 0.493 e. The van der Waals surface area contributed by atoms with Crippen LogP contribution in [0.4, 0.5) is 0 Å². The first-order chi connectivity index (χ1) is 15.0. The number of allylic oxidation sites excluding steroid dienone is 1. The molecule has 4 rings (SSSR count). The van der Waals surface area contributed by atoms with Gasteiger partial charge >= 0.3 is 0 Å². The normalized spacial score (nSPS) is 11.0. The number of rotatable bonds is 7. The van der Waals surface area contributed by atoms with Crippen molar-refractivity contribution in [2.45, 2.75) is 26.7 Å². The van der Waals surface area contributed by atoms with Gasteiger partial charge in [-0.1, -0.05) is 31.7 Å². The molecule has 0 saturated carbocycles. The number of para-hydroxylation sites is 1. The van der Waals surface area contributed by atoms with Gasteiger partial charge < -0.3 is 14.2 Å². The predicted molar refractivity (Wildman–Crippen MR) is 124 cm³/mol. The summed E-state index contributed by atoms with van der Waals surface area (Å²) < 4.78 is 16.8. The molecule has 0 unspecified atom stereocenters. The Balaban J connectivity index is 1.83. The van der Waals surface area contributed by atoms with E-state index in [1.165, 1.54) is 0 Å². The van der Waals surface area contributed by atoms with Gasteiger partial charge in [-0.25, -0.2) is 4.98 Å². The first-order valence-corrected chi connectivity index (χ1v) is 10.3. The fourth-order valence-electron chi connectivity index (χ4n) is 3.82. The van der Waals surface area contributed by atoms with Crippen molar-refractivity contribution >= 4 is 21.7 Å². The van der Waals surface area contributed by atoms with E-state index >= 15 is 0 Å². The highest BCUT2D eigenvalue weighted by atomic mass is 16.5. The molecule has 0 N–H and O–H groups in total. The molecule has 0 saturated heterocycles. The van der Waals surface area contributed by atoms with Gasteiger partial charge in [0.2, 0.25) is 0 Å². The molecule has 158 valence electrons. The maximum atomic E-state index is 5.79. The summed E-state index contributed by atoms with van der Waals surface area (Å²) in [6, 6.07) is 14.1. The number of nitrogens with zero attached hydrogens (tertiary/aromatic N) is 2. The summed E-state index contributed by atoms with van der Waals surface area (Å²) in [6.45, 7) is 7.78. The zero-order valence-corrected chi connectivity index (χ0v) is 18.4. The summed E-state index contributed by atoms with van der Waals surface area (Å²) >= 11 is 0. The van der Waals surface area contributed by atoms with Crippen molar-refractivity contribution in [1.29, 1.82) is 0 Å². The van der Waals surface area contributed by atoms with Crippen molar-refractivity contribution in [1.82, 2.24) is 9.97 Å². The van der Waals surface area contributed by atoms with E-state index in [1.54, 1.807) is 14.2 Å². The van der Waals surface area contributed by atoms with Crippen LogP contribution in [0.25, 0.3) is 21.7 Å². The Bertz CT molecular complexity index is 1280. The number of aromatic nitrogens is 2. The summed E-state index contributed by atoms with van der Waals surface area (Å²) in [7, 11) is 3.30. The van der Waals surface area contributed by atoms with Gasteiger partial charge in [0.15, 0.2) is 17.2 Å². The summed E-state index contributed by atoms with van der Waals surface area (Å²) in [6.07, 6.45) is 3.41. The Labute approximate surface area is 182 Å². The zero-order valence-electron chi connectivity index (χ0n) is 18.4. The Morgan fingerprint density at radius 1 is 0.968 bits per heavy atom. The molecule has 31 heavy (non-hydrogen) atoms. The molecule has 2 heterocycles. The molecule has 0 aliphatic carbocycles. The lowest BCUT2D eigenvalue weighted by molar-refractivity contribution is 0.356. The minimum atomic E-state index is 0.631. The number of benzene rings is 2. The highest BCUT2D eigenvalue weighted by Crippen LogP contribution is 2.35. The maximum Gasteiger partial charge on any atom is 0.161 e. The average molecular weight is 415 g/mol. The van der Waals surface area contributed by atoms with Crippen molar-refractivity contribution in [3.05, 3.63) is 78.0 Å². The van der Waals surface area contributed by atoms with E-state index in [2.05, 4.69) is 19.6 Å². The molecule has 0 spiro atoms. The second kappa shape index (κ2) is 8.64. The van der Waals surface area contributed by atoms with Gasteiger partial charge in [-0.05, 0) is 48.6 Å². The van der Waals surface area contributed by atoms with E-state index in [9.17, 15) is 0 Å². The molecule has 2 aromatic heterocycles. The van der Waals surface area contributed by atoms with Crippen molar-refractivity contribution in [2.24, 2.45) is 0 Å². The summed E-state index contributed by atoms with van der Waals surface area (Å²) in [5.74, 6) is 2.75. The molecule has 0 fully saturated rings. The second-order valence-corrected chi connectivity index (χ2v) is 7.45. The number of methoxy groups -OCH3 is 2. The molecule has 0 atom stereocenters. The van der Waals surface area contributed by atoms with Crippen LogP contribution < -0.4 is 14.2 Å². The number of ether oxygens (including phenoxy) is 3. The minimum Gasteiger partial charge on any atom is -0.493 e. The van der Waals surface area contributed by atoms with Crippen molar-refractivity contribution in [2.75, 3.05) is 14.2 Å². The molecule has 5 nitrogen and oxygen atoms in total. The SMILES string of the molecule is C=C(C)Oc1cccc2ccc(Cc3cnc(CC)c4cc(OC)c(OC)cc34)nc12. The monoisotopic (exact) mass is 414 g/mol. The van der Waals surface area contributed by atoms with Gasteiger partial charge in [0.05, 0.1) is 20.0 Å². The van der Waals surface area contributed by atoms with Crippen LogP contribution in [0.15, 0.2) is 61.0 Å². The molecule has 0 bridgehead atoms. The van der Waals surface area contributed by atoms with E-state index in [-0.39, 0.29) is 0 Å². The Kier molecular flexibility index (Phi) is 5.76. The second-order valence-electron chi connectivity index (χ2n) is 7.45. The summed E-state index contributed by atoms with van der Waals surface area (Å²) in [5.41, 5.74) is 3.87. The van der Waals surface area contributed by atoms with Crippen LogP contribution in [0.5, 0.6) is 17.2 Å². The molecule has 2 aromatic carbocycles. The first-order valence-electron chi connectivity index (χ1n) is 10.3. The summed E-state index contributed by atoms with van der Waals surface area (Å²) in [4.78, 5) is 9.61. The third-order valence-electron chi connectivity index (χ3n) is 5.29. The summed E-state index contributed by atoms with van der Waals surface area (Å²) in [5, 5.41) is 3.20. The van der Waals surface area contributed by atoms with Crippen molar-refractivity contribution < 1.29 is 14.2 Å². The molecule has 5 heteroatoms. The standard InChI is InChI=1S/C26H26N2O3/c1-6-22-21-14-25(30-5)24(29-4)13-20(21)18(15-27-22)12-19-11-10-17-8-7-9-23(26(17)28-19)31-16(2)3/h7-11,13-15H,2,6,12H2,1,3-5H3. The van der Waals surface area contributed by atoms with Gasteiger partial charge in [-0.15, -0.1) is 0 Å². The zero-order chi connectivity index (χ0) is 22.0. The van der Waals surface area contributed by atoms with Crippen LogP contribution in [0.1, 0.15) is 30.8 Å². The highest BCUT2D eigenvalue weighted by molar-refractivity contribution is 5.91. The number of hydrogen-bond donors (Lipinski definition) is 0. The molecule has 0 radical (unpaired) electrons. The van der Waals surface area contributed by atoms with Crippen LogP contribution in [0.3, 0.4) is 0 Å². The van der Waals surface area contributed by atoms with Crippen LogP contribution in [0, 0.1) is 0 Å². The Morgan fingerprint density at radius 3 is 2.39 bits per heavy atom.